The van der Waals surface area contributed by atoms with E-state index in [1.807, 2.05) is 154 Å². The number of aromatic nitrogens is 2. The van der Waals surface area contributed by atoms with Gasteiger partial charge in [0.05, 0.1) is 6.04 Å². The Morgan fingerprint density at radius 1 is 0.562 bits per heavy atom. The summed E-state index contributed by atoms with van der Waals surface area (Å²) in [4.78, 5) is 74.1. The van der Waals surface area contributed by atoms with Gasteiger partial charge in [-0.15, -0.1) is 22.7 Å². The Hall–Kier alpha value is -7.35. The number of carbonyl (C=O) groups excluding carboxylic acids is 5. The Labute approximate surface area is 433 Å². The van der Waals surface area contributed by atoms with Gasteiger partial charge in [-0.25, -0.2) is 0 Å². The molecule has 9 aromatic rings. The zero-order valence-electron chi connectivity index (χ0n) is 41.9. The zero-order chi connectivity index (χ0) is 51.9. The quantitative estimate of drug-likeness (QED) is 0.0515. The SMILES string of the molecule is CCn1c2ccc(C(=O)c3ccccc3C)cc2c2cc(C(=O)C(CCSc3ccc(Cl)cc3)NOC(C)=O)ccc21.CCn1c2ccc(C(=O)c3ccccc3C)cc2c2cc(C(C)NOC(C)=O)ccc21. The van der Waals surface area contributed by atoms with E-state index in [0.29, 0.717) is 39.5 Å². The third-order valence-corrected chi connectivity index (χ3v) is 14.3. The summed E-state index contributed by atoms with van der Waals surface area (Å²) in [6, 6.07) is 45.4. The van der Waals surface area contributed by atoms with Gasteiger partial charge in [0.2, 0.25) is 0 Å². The molecule has 2 N–H and O–H groups in total. The number of hydrogen-bond acceptors (Lipinski definition) is 10. The van der Waals surface area contributed by atoms with Crippen molar-refractivity contribution in [2.24, 2.45) is 0 Å². The van der Waals surface area contributed by atoms with E-state index >= 15 is 0 Å². The number of nitrogens with zero attached hydrogens (tertiary/aromatic N) is 2. The van der Waals surface area contributed by atoms with Crippen LogP contribution in [0.2, 0.25) is 5.02 Å². The van der Waals surface area contributed by atoms with Crippen LogP contribution in [0, 0.1) is 13.8 Å². The number of aryl methyl sites for hydroxylation is 4. The van der Waals surface area contributed by atoms with Gasteiger partial charge in [0, 0.05) is 114 Å². The van der Waals surface area contributed by atoms with Crippen molar-refractivity contribution in [2.45, 2.75) is 85.0 Å². The van der Waals surface area contributed by atoms with Crippen LogP contribution >= 0.6 is 23.4 Å². The molecule has 13 heteroatoms. The van der Waals surface area contributed by atoms with Crippen molar-refractivity contribution in [1.82, 2.24) is 20.1 Å². The summed E-state index contributed by atoms with van der Waals surface area (Å²) < 4.78 is 4.43. The minimum Gasteiger partial charge on any atom is -0.370 e. The molecular weight excluding hydrogens is 956 g/mol. The lowest BCUT2D eigenvalue weighted by Crippen LogP contribution is -2.38. The molecule has 0 amide bonds. The van der Waals surface area contributed by atoms with E-state index in [1.165, 1.54) is 13.8 Å². The maximum Gasteiger partial charge on any atom is 0.321 e. The molecule has 0 bridgehead atoms. The predicted molar refractivity (Wildman–Crippen MR) is 293 cm³/mol. The Morgan fingerprint density at radius 2 is 1.00 bits per heavy atom. The van der Waals surface area contributed by atoms with Gasteiger partial charge in [0.25, 0.3) is 0 Å². The lowest BCUT2D eigenvalue weighted by Gasteiger charge is -2.17. The number of Topliss-reactive ketones (excluding diaryl/α,β-unsaturated/α-hetero) is 1. The number of benzene rings is 7. The van der Waals surface area contributed by atoms with Crippen LogP contribution in [0.5, 0.6) is 0 Å². The number of fused-ring (bicyclic) bond motifs is 6. The first-order valence-corrected chi connectivity index (χ1v) is 25.6. The second-order valence-electron chi connectivity index (χ2n) is 17.9. The van der Waals surface area contributed by atoms with Crippen LogP contribution in [-0.4, -0.2) is 50.2 Å². The Morgan fingerprint density at radius 3 is 1.48 bits per heavy atom. The molecule has 0 aliphatic rings. The highest BCUT2D eigenvalue weighted by Crippen LogP contribution is 2.34. The summed E-state index contributed by atoms with van der Waals surface area (Å²) in [6.45, 7) is 14.2. The molecule has 0 radical (unpaired) electrons. The van der Waals surface area contributed by atoms with Gasteiger partial charge in [0.1, 0.15) is 6.04 Å². The number of carbonyl (C=O) groups is 5. The Kier molecular flexibility index (Phi) is 16.4. The van der Waals surface area contributed by atoms with Crippen LogP contribution in [0.15, 0.2) is 150 Å². The highest BCUT2D eigenvalue weighted by molar-refractivity contribution is 7.99. The average Bonchev–Trinajstić information content (AvgIpc) is 3.89. The van der Waals surface area contributed by atoms with E-state index in [1.54, 1.807) is 11.8 Å². The standard InChI is InChI=1S/C34H31ClN2O4S.C26H26N2O3/c1-4-37-31-15-9-23(33(39)27-8-6-5-7-21(27)2)19-28(31)29-20-24(10-16-32(29)37)34(40)30(36-41-22(3)38)17-18-42-26-13-11-25(35)12-14-26;1-5-28-24-12-10-19(17(3)27-31-18(4)29)14-22(24)23-15-20(11-13-25(23)28)26(30)21-9-7-6-8-16(21)2/h5-16,19-20,30,36H,4,17-18H2,1-3H3;6-15,17,27H,5H2,1-4H3. The molecule has 0 aliphatic heterocycles. The van der Waals surface area contributed by atoms with Crippen LogP contribution in [0.25, 0.3) is 43.6 Å². The molecule has 0 saturated carbocycles. The van der Waals surface area contributed by atoms with Gasteiger partial charge in [-0.1, -0.05) is 66.2 Å². The lowest BCUT2D eigenvalue weighted by molar-refractivity contribution is -0.150. The molecule has 11 nitrogen and oxygen atoms in total. The van der Waals surface area contributed by atoms with Gasteiger partial charge in [-0.2, -0.15) is 0 Å². The molecule has 0 saturated heterocycles. The highest BCUT2D eigenvalue weighted by Gasteiger charge is 2.24. The van der Waals surface area contributed by atoms with Crippen LogP contribution in [0.4, 0.5) is 0 Å². The van der Waals surface area contributed by atoms with E-state index in [9.17, 15) is 24.0 Å². The van der Waals surface area contributed by atoms with E-state index in [-0.39, 0.29) is 29.4 Å². The number of hydroxylamine groups is 2. The van der Waals surface area contributed by atoms with Crippen molar-refractivity contribution in [3.63, 3.8) is 0 Å². The first-order valence-electron chi connectivity index (χ1n) is 24.3. The average molecular weight is 1010 g/mol. The number of thioether (sulfide) groups is 1. The van der Waals surface area contributed by atoms with E-state index in [2.05, 4.69) is 46.1 Å². The molecule has 0 aliphatic carbocycles. The molecule has 7 aromatic carbocycles. The van der Waals surface area contributed by atoms with Crippen LogP contribution in [0.1, 0.15) is 106 Å². The summed E-state index contributed by atoms with van der Waals surface area (Å²) in [5.74, 6) is -0.477. The van der Waals surface area contributed by atoms with Crippen molar-refractivity contribution < 1.29 is 33.6 Å². The van der Waals surface area contributed by atoms with Crippen molar-refractivity contribution in [2.75, 3.05) is 5.75 Å². The van der Waals surface area contributed by atoms with E-state index in [0.717, 1.165) is 83.9 Å². The van der Waals surface area contributed by atoms with Crippen molar-refractivity contribution >= 4 is 96.3 Å². The van der Waals surface area contributed by atoms with Crippen LogP contribution in [0.3, 0.4) is 0 Å². The van der Waals surface area contributed by atoms with E-state index in [4.69, 9.17) is 21.3 Å². The lowest BCUT2D eigenvalue weighted by atomic mass is 9.97. The van der Waals surface area contributed by atoms with Gasteiger partial charge in [-0.3, -0.25) is 24.0 Å². The van der Waals surface area contributed by atoms with Gasteiger partial charge >= 0.3 is 11.9 Å². The third kappa shape index (κ3) is 11.5. The normalized spacial score (nSPS) is 12.1. The molecule has 372 valence electrons. The molecule has 9 rings (SSSR count). The van der Waals surface area contributed by atoms with Crippen molar-refractivity contribution in [1.29, 1.82) is 0 Å². The summed E-state index contributed by atoms with van der Waals surface area (Å²) in [6.07, 6.45) is 0.434. The summed E-state index contributed by atoms with van der Waals surface area (Å²) in [5, 5.41) is 4.57. The fourth-order valence-electron chi connectivity index (χ4n) is 9.24. The largest absolute Gasteiger partial charge is 0.370 e. The topological polar surface area (TPSA) is 138 Å². The summed E-state index contributed by atoms with van der Waals surface area (Å²) >= 11 is 7.58. The molecule has 73 heavy (non-hydrogen) atoms. The number of hydrogen-bond donors (Lipinski definition) is 2. The third-order valence-electron chi connectivity index (χ3n) is 13.0. The molecule has 0 fully saturated rings. The van der Waals surface area contributed by atoms with Crippen LogP contribution in [-0.2, 0) is 32.4 Å². The molecule has 2 heterocycles. The van der Waals surface area contributed by atoms with Crippen LogP contribution < -0.4 is 11.0 Å². The maximum atomic E-state index is 13.8. The zero-order valence-corrected chi connectivity index (χ0v) is 43.5. The van der Waals surface area contributed by atoms with E-state index < -0.39 is 12.0 Å². The first kappa shape index (κ1) is 52.0. The second-order valence-corrected chi connectivity index (χ2v) is 19.5. The molecule has 2 aromatic heterocycles. The molecule has 2 unspecified atom stereocenters. The second kappa shape index (κ2) is 23.0. The highest BCUT2D eigenvalue weighted by atomic mass is 35.5. The smallest absolute Gasteiger partial charge is 0.321 e. The van der Waals surface area contributed by atoms with Crippen molar-refractivity contribution in [3.8, 4) is 0 Å². The molecule has 0 spiro atoms. The number of halogens is 1. The first-order chi connectivity index (χ1) is 35.2. The minimum absolute atomic E-state index is 0.0263. The fraction of sp³-hybridized carbons (Fsp3) is 0.217. The summed E-state index contributed by atoms with van der Waals surface area (Å²) in [5.41, 5.74) is 15.7. The number of ketones is 3. The van der Waals surface area contributed by atoms with Gasteiger partial charge in [-0.05, 0) is 149 Å². The maximum absolute atomic E-state index is 13.8. The van der Waals surface area contributed by atoms with Crippen molar-refractivity contribution in [3.05, 3.63) is 195 Å². The number of nitrogens with one attached hydrogen (secondary N) is 2. The van der Waals surface area contributed by atoms with Gasteiger partial charge in [0.15, 0.2) is 17.3 Å². The van der Waals surface area contributed by atoms with Gasteiger partial charge < -0.3 is 18.8 Å². The fourth-order valence-corrected chi connectivity index (χ4v) is 10.3. The molecular formula is C60H57ClN4O7S. The number of rotatable bonds is 17. The predicted octanol–water partition coefficient (Wildman–Crippen LogP) is 13.3. The Bertz CT molecular complexity index is 3560. The molecule has 2 atom stereocenters. The summed E-state index contributed by atoms with van der Waals surface area (Å²) in [7, 11) is 0. The minimum atomic E-state index is -0.733. The Balaban J connectivity index is 0.000000204. The monoisotopic (exact) mass is 1010 g/mol.